The first-order valence-electron chi connectivity index (χ1n) is 6.68. The molecular formula is C15H21FN2O3. The molecule has 0 aliphatic carbocycles. The number of benzene rings is 1. The van der Waals surface area contributed by atoms with E-state index in [9.17, 15) is 14.0 Å². The molecule has 0 aliphatic rings. The third-order valence-electron chi connectivity index (χ3n) is 2.99. The molecule has 0 spiro atoms. The van der Waals surface area contributed by atoms with Crippen LogP contribution in [0.2, 0.25) is 0 Å². The lowest BCUT2D eigenvalue weighted by atomic mass is 10.0. The zero-order chi connectivity index (χ0) is 15.8. The first-order chi connectivity index (χ1) is 9.93. The monoisotopic (exact) mass is 296 g/mol. The van der Waals surface area contributed by atoms with Crippen LogP contribution >= 0.6 is 0 Å². The highest BCUT2D eigenvalue weighted by Gasteiger charge is 2.23. The molecule has 1 rings (SSSR count). The Balaban J connectivity index is 2.75. The van der Waals surface area contributed by atoms with Crippen LogP contribution in [0.1, 0.15) is 16.8 Å². The number of methoxy groups -OCH3 is 1. The Kier molecular flexibility index (Phi) is 6.98. The maximum Gasteiger partial charge on any atom is 0.307 e. The lowest BCUT2D eigenvalue weighted by Crippen LogP contribution is -2.41. The summed E-state index contributed by atoms with van der Waals surface area (Å²) >= 11 is 0. The average Bonchev–Trinajstić information content (AvgIpc) is 2.45. The van der Waals surface area contributed by atoms with Crippen molar-refractivity contribution < 1.29 is 18.7 Å². The second kappa shape index (κ2) is 8.49. The number of rotatable bonds is 8. The molecule has 0 radical (unpaired) electrons. The Bertz CT molecular complexity index is 474. The van der Waals surface area contributed by atoms with Crippen LogP contribution in [0, 0.1) is 5.82 Å². The largest absolute Gasteiger partial charge is 0.469 e. The van der Waals surface area contributed by atoms with Crippen molar-refractivity contribution in [1.29, 1.82) is 0 Å². The molecule has 0 aliphatic heterocycles. The molecular weight excluding hydrogens is 275 g/mol. The molecule has 0 aromatic heterocycles. The van der Waals surface area contributed by atoms with E-state index in [1.807, 2.05) is 19.0 Å². The molecule has 0 amide bonds. The summed E-state index contributed by atoms with van der Waals surface area (Å²) in [5, 5.41) is 3.04. The highest BCUT2D eigenvalue weighted by molar-refractivity contribution is 6.01. The van der Waals surface area contributed by atoms with Gasteiger partial charge in [-0.15, -0.1) is 0 Å². The van der Waals surface area contributed by atoms with Gasteiger partial charge in [-0.25, -0.2) is 4.39 Å². The van der Waals surface area contributed by atoms with Crippen molar-refractivity contribution in [3.8, 4) is 0 Å². The van der Waals surface area contributed by atoms with Crippen LogP contribution in [-0.2, 0) is 9.53 Å². The fourth-order valence-electron chi connectivity index (χ4n) is 1.79. The zero-order valence-electron chi connectivity index (χ0n) is 12.6. The van der Waals surface area contributed by atoms with Gasteiger partial charge in [0.1, 0.15) is 5.82 Å². The Hall–Kier alpha value is -1.79. The van der Waals surface area contributed by atoms with Crippen LogP contribution in [-0.4, -0.2) is 57.0 Å². The maximum atomic E-state index is 12.9. The third-order valence-corrected chi connectivity index (χ3v) is 2.99. The smallest absolute Gasteiger partial charge is 0.307 e. The number of carbonyl (C=O) groups excluding carboxylic acids is 2. The van der Waals surface area contributed by atoms with Gasteiger partial charge in [0.2, 0.25) is 0 Å². The standard InChI is InChI=1S/C15H21FN2O3/c1-18(2)9-8-17-13(10-14(19)21-3)15(20)11-4-6-12(16)7-5-11/h4-7,13,17H,8-10H2,1-3H3. The molecule has 21 heavy (non-hydrogen) atoms. The molecule has 1 atom stereocenters. The Morgan fingerprint density at radius 2 is 1.90 bits per heavy atom. The van der Waals surface area contributed by atoms with Crippen LogP contribution in [0.5, 0.6) is 0 Å². The molecule has 0 heterocycles. The van der Waals surface area contributed by atoms with Crippen molar-refractivity contribution in [3.63, 3.8) is 0 Å². The van der Waals surface area contributed by atoms with E-state index < -0.39 is 17.8 Å². The predicted molar refractivity (Wildman–Crippen MR) is 77.7 cm³/mol. The Labute approximate surface area is 124 Å². The van der Waals surface area contributed by atoms with Crippen LogP contribution in [0.4, 0.5) is 4.39 Å². The summed E-state index contributed by atoms with van der Waals surface area (Å²) < 4.78 is 17.5. The molecule has 1 aromatic carbocycles. The number of hydrogen-bond acceptors (Lipinski definition) is 5. The lowest BCUT2D eigenvalue weighted by Gasteiger charge is -2.18. The van der Waals surface area contributed by atoms with Gasteiger partial charge in [-0.05, 0) is 38.4 Å². The topological polar surface area (TPSA) is 58.6 Å². The van der Waals surface area contributed by atoms with Crippen molar-refractivity contribution in [3.05, 3.63) is 35.6 Å². The maximum absolute atomic E-state index is 12.9. The molecule has 6 heteroatoms. The van der Waals surface area contributed by atoms with Gasteiger partial charge in [-0.3, -0.25) is 9.59 Å². The van der Waals surface area contributed by atoms with Gasteiger partial charge in [0.05, 0.1) is 19.6 Å². The number of nitrogens with zero attached hydrogens (tertiary/aromatic N) is 1. The van der Waals surface area contributed by atoms with Gasteiger partial charge in [-0.2, -0.15) is 0 Å². The number of Topliss-reactive ketones (excluding diaryl/α,β-unsaturated/α-hetero) is 1. The van der Waals surface area contributed by atoms with Gasteiger partial charge < -0.3 is 15.0 Å². The number of nitrogens with one attached hydrogen (secondary N) is 1. The van der Waals surface area contributed by atoms with Crippen molar-refractivity contribution >= 4 is 11.8 Å². The van der Waals surface area contributed by atoms with Crippen LogP contribution < -0.4 is 5.32 Å². The van der Waals surface area contributed by atoms with E-state index >= 15 is 0 Å². The molecule has 116 valence electrons. The number of carbonyl (C=O) groups is 2. The van der Waals surface area contributed by atoms with E-state index in [1.165, 1.54) is 31.4 Å². The Morgan fingerprint density at radius 1 is 1.29 bits per heavy atom. The van der Waals surface area contributed by atoms with E-state index in [1.54, 1.807) is 0 Å². The number of esters is 1. The molecule has 0 fully saturated rings. The molecule has 0 saturated carbocycles. The molecule has 0 bridgehead atoms. The molecule has 1 aromatic rings. The minimum Gasteiger partial charge on any atom is -0.469 e. The summed E-state index contributed by atoms with van der Waals surface area (Å²) in [5.41, 5.74) is 0.364. The van der Waals surface area contributed by atoms with E-state index in [-0.39, 0.29) is 12.2 Å². The molecule has 1 unspecified atom stereocenters. The van der Waals surface area contributed by atoms with E-state index in [2.05, 4.69) is 10.1 Å². The molecule has 1 N–H and O–H groups in total. The van der Waals surface area contributed by atoms with Gasteiger partial charge in [-0.1, -0.05) is 0 Å². The SMILES string of the molecule is COC(=O)CC(NCCN(C)C)C(=O)c1ccc(F)cc1. The van der Waals surface area contributed by atoms with Gasteiger partial charge in [0.15, 0.2) is 5.78 Å². The van der Waals surface area contributed by atoms with E-state index in [4.69, 9.17) is 0 Å². The number of ketones is 1. The predicted octanol–water partition coefficient (Wildman–Crippen LogP) is 1.09. The first-order valence-corrected chi connectivity index (χ1v) is 6.68. The minimum absolute atomic E-state index is 0.0554. The van der Waals surface area contributed by atoms with Gasteiger partial charge in [0, 0.05) is 18.7 Å². The lowest BCUT2D eigenvalue weighted by molar-refractivity contribution is -0.140. The fourth-order valence-corrected chi connectivity index (χ4v) is 1.79. The second-order valence-corrected chi connectivity index (χ2v) is 4.96. The quantitative estimate of drug-likeness (QED) is 0.575. The van der Waals surface area contributed by atoms with Crippen LogP contribution in [0.15, 0.2) is 24.3 Å². The average molecular weight is 296 g/mol. The van der Waals surface area contributed by atoms with E-state index in [0.29, 0.717) is 12.1 Å². The molecule has 5 nitrogen and oxygen atoms in total. The highest BCUT2D eigenvalue weighted by Crippen LogP contribution is 2.09. The van der Waals surface area contributed by atoms with Gasteiger partial charge >= 0.3 is 5.97 Å². The van der Waals surface area contributed by atoms with Crippen LogP contribution in [0.3, 0.4) is 0 Å². The van der Waals surface area contributed by atoms with Crippen LogP contribution in [0.25, 0.3) is 0 Å². The Morgan fingerprint density at radius 3 is 2.43 bits per heavy atom. The normalized spacial score (nSPS) is 12.2. The summed E-state index contributed by atoms with van der Waals surface area (Å²) in [7, 11) is 5.11. The van der Waals surface area contributed by atoms with Crippen molar-refractivity contribution in [1.82, 2.24) is 10.2 Å². The number of ether oxygens (including phenoxy) is 1. The zero-order valence-corrected chi connectivity index (χ0v) is 12.6. The summed E-state index contributed by atoms with van der Waals surface area (Å²) in [6.45, 7) is 1.29. The van der Waals surface area contributed by atoms with Gasteiger partial charge in [0.25, 0.3) is 0 Å². The number of halogens is 1. The number of likely N-dealkylation sites (N-methyl/N-ethyl adjacent to an activating group) is 1. The summed E-state index contributed by atoms with van der Waals surface area (Å²) in [6.07, 6.45) is -0.0554. The third kappa shape index (κ3) is 6.01. The van der Waals surface area contributed by atoms with Crippen molar-refractivity contribution in [2.75, 3.05) is 34.3 Å². The van der Waals surface area contributed by atoms with E-state index in [0.717, 1.165) is 6.54 Å². The minimum atomic E-state index is -0.678. The first kappa shape index (κ1) is 17.3. The van der Waals surface area contributed by atoms with Crippen molar-refractivity contribution in [2.45, 2.75) is 12.5 Å². The second-order valence-electron chi connectivity index (χ2n) is 4.96. The summed E-state index contributed by atoms with van der Waals surface area (Å²) in [4.78, 5) is 25.8. The van der Waals surface area contributed by atoms with Crippen molar-refractivity contribution in [2.24, 2.45) is 0 Å². The highest BCUT2D eigenvalue weighted by atomic mass is 19.1. The molecule has 0 saturated heterocycles. The summed E-state index contributed by atoms with van der Waals surface area (Å²) in [5.74, 6) is -1.12. The number of hydrogen-bond donors (Lipinski definition) is 1. The fraction of sp³-hybridized carbons (Fsp3) is 0.467. The summed E-state index contributed by atoms with van der Waals surface area (Å²) in [6, 6.07) is 4.60.